The Kier molecular flexibility index (Phi) is 29.0. The van der Waals surface area contributed by atoms with Crippen LogP contribution in [0.3, 0.4) is 0 Å². The molecular weight excluding hydrogens is 1300 g/mol. The third kappa shape index (κ3) is 25.3. The average Bonchev–Trinajstić information content (AvgIpc) is 0.960. The molecule has 0 spiro atoms. The van der Waals surface area contributed by atoms with Gasteiger partial charge in [0.1, 0.15) is 65.9 Å². The normalized spacial score (nSPS) is 9.92. The summed E-state index contributed by atoms with van der Waals surface area (Å²) in [4.78, 5) is 98.1. The summed E-state index contributed by atoms with van der Waals surface area (Å²) in [5.74, 6) is 7.16. The van der Waals surface area contributed by atoms with E-state index in [1.807, 2.05) is 232 Å². The summed E-state index contributed by atoms with van der Waals surface area (Å²) >= 11 is 0. The van der Waals surface area contributed by atoms with Gasteiger partial charge < -0.3 is 0 Å². The second kappa shape index (κ2) is 40.7. The van der Waals surface area contributed by atoms with E-state index < -0.39 is 0 Å². The van der Waals surface area contributed by atoms with E-state index in [-0.39, 0.29) is 0 Å². The number of aromatic nitrogens is 24. The number of hydrogen-bond donors (Lipinski definition) is 0. The molecule has 0 unspecified atom stereocenters. The lowest BCUT2D eigenvalue weighted by Gasteiger charge is -2.00. The fraction of sp³-hybridized carbons (Fsp3) is 0.100. The van der Waals surface area contributed by atoms with Gasteiger partial charge >= 0.3 is 0 Å². The molecule has 16 aromatic rings. The second-order valence-corrected chi connectivity index (χ2v) is 21.9. The number of benzene rings is 2. The first kappa shape index (κ1) is 74.1. The number of aryl methyl sites for hydroxylation is 8. The molecule has 0 fully saturated rings. The number of hydrogen-bond acceptors (Lipinski definition) is 24. The SMILES string of the molecule is Cc1ccc(-c2ccccc2)cn1.Cc1ccc(-c2ccccn2)cn1.Cc1nccc(-c2cccnc2)n1.Cc1nccc(-c2ccncc2)n1.Cc1ncnc(-c2ccccc2)n1.Cc1ncnc(-c2ccccn2)n1.Cc1ncnc(-c2cccnc2)n1.Cc1ncnc(-c2ccncc2)n1. The maximum Gasteiger partial charge on any atom is 0.181 e. The molecule has 2 aromatic carbocycles. The molecule has 104 heavy (non-hydrogen) atoms. The van der Waals surface area contributed by atoms with Gasteiger partial charge in [0, 0.05) is 137 Å². The Morgan fingerprint density at radius 3 is 0.981 bits per heavy atom. The lowest BCUT2D eigenvalue weighted by molar-refractivity contribution is 0.974. The largest absolute Gasteiger partial charge is 0.265 e. The fourth-order valence-corrected chi connectivity index (χ4v) is 8.82. The Hall–Kier alpha value is -14.2. The molecular formula is C80H72N24. The molecule has 512 valence electrons. The van der Waals surface area contributed by atoms with Crippen LogP contribution in [0.5, 0.6) is 0 Å². The van der Waals surface area contributed by atoms with Crippen LogP contribution >= 0.6 is 0 Å². The minimum absolute atomic E-state index is 0.619. The van der Waals surface area contributed by atoms with Crippen molar-refractivity contribution in [2.45, 2.75) is 55.4 Å². The highest BCUT2D eigenvalue weighted by Crippen LogP contribution is 2.20. The zero-order valence-electron chi connectivity index (χ0n) is 58.4. The maximum atomic E-state index is 4.30. The topological polar surface area (TPSA) is 309 Å². The molecule has 24 nitrogen and oxygen atoms in total. The van der Waals surface area contributed by atoms with Crippen molar-refractivity contribution in [1.82, 2.24) is 120 Å². The predicted octanol–water partition coefficient (Wildman–Crippen LogP) is 14.8. The van der Waals surface area contributed by atoms with Gasteiger partial charge in [-0.25, -0.2) is 79.7 Å². The summed E-state index contributed by atoms with van der Waals surface area (Å²) < 4.78 is 0. The van der Waals surface area contributed by atoms with Crippen molar-refractivity contribution in [1.29, 1.82) is 0 Å². The van der Waals surface area contributed by atoms with Crippen LogP contribution in [-0.4, -0.2) is 120 Å². The number of rotatable bonds is 8. The first-order chi connectivity index (χ1) is 50.9. The van der Waals surface area contributed by atoms with Gasteiger partial charge in [0.05, 0.1) is 17.1 Å². The van der Waals surface area contributed by atoms with Gasteiger partial charge in [-0.2, -0.15) is 0 Å². The summed E-state index contributed by atoms with van der Waals surface area (Å²) in [6, 6.07) is 58.8. The van der Waals surface area contributed by atoms with Gasteiger partial charge in [0.2, 0.25) is 0 Å². The van der Waals surface area contributed by atoms with E-state index in [1.165, 1.54) is 36.4 Å². The Bertz CT molecular complexity index is 4380. The molecule has 0 N–H and O–H groups in total. The van der Waals surface area contributed by atoms with Crippen molar-refractivity contribution < 1.29 is 0 Å². The molecule has 0 amide bonds. The molecule has 0 saturated heterocycles. The van der Waals surface area contributed by atoms with Crippen molar-refractivity contribution in [2.75, 3.05) is 0 Å². The summed E-state index contributed by atoms with van der Waals surface area (Å²) in [7, 11) is 0. The smallest absolute Gasteiger partial charge is 0.181 e. The minimum atomic E-state index is 0.619. The lowest BCUT2D eigenvalue weighted by atomic mass is 10.1. The van der Waals surface area contributed by atoms with Gasteiger partial charge in [0.15, 0.2) is 23.3 Å². The monoisotopic (exact) mass is 1370 g/mol. The number of nitrogens with zero attached hydrogens (tertiary/aromatic N) is 24. The first-order valence-corrected chi connectivity index (χ1v) is 32.5. The van der Waals surface area contributed by atoms with Crippen LogP contribution < -0.4 is 0 Å². The maximum absolute atomic E-state index is 4.30. The molecule has 14 heterocycles. The van der Waals surface area contributed by atoms with Crippen LogP contribution in [0.2, 0.25) is 0 Å². The molecule has 24 heteroatoms. The average molecular weight is 1370 g/mol. The van der Waals surface area contributed by atoms with Crippen molar-refractivity contribution in [3.05, 3.63) is 340 Å². The Labute approximate surface area is 603 Å². The zero-order valence-corrected chi connectivity index (χ0v) is 58.4. The highest BCUT2D eigenvalue weighted by Gasteiger charge is 2.06. The van der Waals surface area contributed by atoms with Crippen molar-refractivity contribution in [3.8, 4) is 90.6 Å². The van der Waals surface area contributed by atoms with Gasteiger partial charge in [-0.3, -0.25) is 39.9 Å². The number of pyridine rings is 8. The molecule has 16 rings (SSSR count). The van der Waals surface area contributed by atoms with Crippen LogP contribution in [0.15, 0.2) is 294 Å². The lowest BCUT2D eigenvalue weighted by Crippen LogP contribution is -1.95. The summed E-state index contributed by atoms with van der Waals surface area (Å²) in [5, 5.41) is 0. The van der Waals surface area contributed by atoms with Gasteiger partial charge in [-0.1, -0.05) is 78.9 Å². The third-order valence-electron chi connectivity index (χ3n) is 13.9. The Balaban J connectivity index is 0.000000138. The molecule has 0 aliphatic heterocycles. The minimum Gasteiger partial charge on any atom is -0.265 e. The zero-order chi connectivity index (χ0) is 72.8. The highest BCUT2D eigenvalue weighted by atomic mass is 15.0. The Morgan fingerprint density at radius 1 is 0.173 bits per heavy atom. The highest BCUT2D eigenvalue weighted by molar-refractivity contribution is 5.63. The fourth-order valence-electron chi connectivity index (χ4n) is 8.82. The third-order valence-corrected chi connectivity index (χ3v) is 13.9. The molecule has 0 aliphatic rings. The first-order valence-electron chi connectivity index (χ1n) is 32.5. The molecule has 0 saturated carbocycles. The van der Waals surface area contributed by atoms with Crippen molar-refractivity contribution in [2.24, 2.45) is 0 Å². The van der Waals surface area contributed by atoms with Crippen LogP contribution in [-0.2, 0) is 0 Å². The Morgan fingerprint density at radius 2 is 0.548 bits per heavy atom. The molecule has 0 aliphatic carbocycles. The van der Waals surface area contributed by atoms with Gasteiger partial charge in [-0.05, 0) is 164 Å². The second-order valence-electron chi connectivity index (χ2n) is 21.9. The van der Waals surface area contributed by atoms with Crippen LogP contribution in [0, 0.1) is 55.4 Å². The van der Waals surface area contributed by atoms with E-state index in [9.17, 15) is 0 Å². The molecule has 0 atom stereocenters. The predicted molar refractivity (Wildman–Crippen MR) is 400 cm³/mol. The van der Waals surface area contributed by atoms with E-state index >= 15 is 0 Å². The molecule has 14 aromatic heterocycles. The standard InChI is InChI=1S/C12H11N.C11H10N2.3C10H9N3.3C9H8N4/c1-10-7-8-12(9-13-10)11-5-3-2-4-6-11;1-9-5-6-10(8-13-9)11-4-2-3-7-12-11;1-8-12-7-4-10(13-8)9-2-5-11-6-3-9;1-8-12-6-4-10(13-8)9-3-2-5-11-7-9;1-8-11-7-12-10(13-8)9-5-3-2-4-6-9;1-7-11-6-12-9(13-7)8-2-4-10-5-3-8;1-7-11-6-12-9(13-7)8-3-2-4-10-5-8;1-7-11-6-12-9(13-7)8-4-2-3-5-10-8/h2-9H,1H3;2-8H,1H3;3*2-7H,1H3;3*2-6H,1H3. The van der Waals surface area contributed by atoms with E-state index in [4.69, 9.17) is 0 Å². The summed E-state index contributed by atoms with van der Waals surface area (Å²) in [5.41, 5.74) is 14.1. The van der Waals surface area contributed by atoms with E-state index in [0.717, 1.165) is 96.7 Å². The molecule has 0 bridgehead atoms. The van der Waals surface area contributed by atoms with Crippen molar-refractivity contribution >= 4 is 0 Å². The van der Waals surface area contributed by atoms with E-state index in [2.05, 4.69) is 138 Å². The van der Waals surface area contributed by atoms with E-state index in [1.54, 1.807) is 74.4 Å². The van der Waals surface area contributed by atoms with Crippen molar-refractivity contribution in [3.63, 3.8) is 0 Å². The van der Waals surface area contributed by atoms with Crippen LogP contribution in [0.4, 0.5) is 0 Å². The van der Waals surface area contributed by atoms with E-state index in [0.29, 0.717) is 29.1 Å². The quantitative estimate of drug-likeness (QED) is 0.136. The van der Waals surface area contributed by atoms with Crippen LogP contribution in [0.1, 0.15) is 46.3 Å². The van der Waals surface area contributed by atoms with Crippen LogP contribution in [0.25, 0.3) is 90.6 Å². The summed E-state index contributed by atoms with van der Waals surface area (Å²) in [6.07, 6.45) is 30.8. The summed E-state index contributed by atoms with van der Waals surface area (Å²) in [6.45, 7) is 15.1. The van der Waals surface area contributed by atoms with Gasteiger partial charge in [0.25, 0.3) is 0 Å². The van der Waals surface area contributed by atoms with Gasteiger partial charge in [-0.15, -0.1) is 0 Å². The molecule has 0 radical (unpaired) electrons.